The average molecular weight is 340 g/mol. The Labute approximate surface area is 137 Å². The number of aliphatic imine (C=N–C) groups is 1. The number of hydrogen-bond donors (Lipinski definition) is 2. The Hall–Kier alpha value is -2.09. The van der Waals surface area contributed by atoms with Gasteiger partial charge in [-0.2, -0.15) is 13.2 Å². The summed E-state index contributed by atoms with van der Waals surface area (Å²) >= 11 is 0. The Morgan fingerprint density at radius 3 is 2.50 bits per heavy atom. The van der Waals surface area contributed by atoms with Gasteiger partial charge in [-0.1, -0.05) is 12.1 Å². The van der Waals surface area contributed by atoms with Crippen LogP contribution in [0.2, 0.25) is 0 Å². The molecule has 1 aromatic carbocycles. The number of carbonyl (C=O) groups is 1. The van der Waals surface area contributed by atoms with Gasteiger partial charge in [0.05, 0.1) is 5.56 Å². The van der Waals surface area contributed by atoms with E-state index in [1.807, 2.05) is 7.05 Å². The van der Waals surface area contributed by atoms with E-state index in [1.54, 1.807) is 12.1 Å². The highest BCUT2D eigenvalue weighted by atomic mass is 19.4. The number of amides is 1. The van der Waals surface area contributed by atoms with Crippen LogP contribution < -0.4 is 10.9 Å². The Morgan fingerprint density at radius 2 is 1.92 bits per heavy atom. The van der Waals surface area contributed by atoms with Gasteiger partial charge in [0.2, 0.25) is 0 Å². The normalized spacial score (nSPS) is 20.3. The summed E-state index contributed by atoms with van der Waals surface area (Å²) in [5, 5.41) is 0. The van der Waals surface area contributed by atoms with E-state index < -0.39 is 11.7 Å². The molecule has 0 aromatic heterocycles. The van der Waals surface area contributed by atoms with E-state index in [4.69, 9.17) is 0 Å². The average Bonchev–Trinajstić information content (AvgIpc) is 2.55. The molecule has 0 aliphatic carbocycles. The second-order valence-corrected chi connectivity index (χ2v) is 6.22. The van der Waals surface area contributed by atoms with Crippen LogP contribution >= 0.6 is 0 Å². The number of nitrogens with zero attached hydrogens (tertiary/aromatic N) is 2. The van der Waals surface area contributed by atoms with Crippen LogP contribution in [0.25, 0.3) is 0 Å². The first-order valence-corrected chi connectivity index (χ1v) is 7.84. The molecule has 2 aliphatic heterocycles. The first-order chi connectivity index (χ1) is 11.3. The minimum Gasteiger partial charge on any atom is -0.306 e. The number of carbonyl (C=O) groups excluding carboxylic acids is 1. The van der Waals surface area contributed by atoms with E-state index in [-0.39, 0.29) is 24.2 Å². The van der Waals surface area contributed by atoms with Crippen molar-refractivity contribution in [3.63, 3.8) is 0 Å². The fourth-order valence-electron chi connectivity index (χ4n) is 3.15. The van der Waals surface area contributed by atoms with Crippen molar-refractivity contribution in [2.24, 2.45) is 4.99 Å². The molecular weight excluding hydrogens is 321 g/mol. The smallest absolute Gasteiger partial charge is 0.306 e. The molecular formula is C16H19F3N4O. The zero-order chi connectivity index (χ0) is 17.3. The minimum atomic E-state index is -4.42. The third-order valence-corrected chi connectivity index (χ3v) is 4.49. The van der Waals surface area contributed by atoms with Gasteiger partial charge in [0, 0.05) is 5.56 Å². The number of hydrogen-bond acceptors (Lipinski definition) is 4. The number of rotatable bonds is 2. The van der Waals surface area contributed by atoms with Crippen molar-refractivity contribution >= 4 is 11.7 Å². The maximum atomic E-state index is 13.5. The number of halogens is 3. The molecule has 0 spiro atoms. The van der Waals surface area contributed by atoms with Gasteiger partial charge in [0.15, 0.2) is 0 Å². The lowest BCUT2D eigenvalue weighted by atomic mass is 9.85. The molecule has 2 heterocycles. The number of nitrogens with one attached hydrogen (secondary N) is 2. The molecule has 2 N–H and O–H groups in total. The van der Waals surface area contributed by atoms with Gasteiger partial charge in [-0.25, -0.2) is 0 Å². The minimum absolute atomic E-state index is 0.0900. The molecule has 2 aliphatic rings. The molecule has 1 aromatic rings. The molecule has 1 saturated heterocycles. The number of amidine groups is 1. The first kappa shape index (κ1) is 16.8. The Balaban J connectivity index is 1.94. The zero-order valence-electron chi connectivity index (χ0n) is 13.3. The van der Waals surface area contributed by atoms with E-state index >= 15 is 0 Å². The van der Waals surface area contributed by atoms with Crippen LogP contribution in [0, 0.1) is 0 Å². The summed E-state index contributed by atoms with van der Waals surface area (Å²) in [6.45, 7) is 1.49. The summed E-state index contributed by atoms with van der Waals surface area (Å²) in [4.78, 5) is 17.2. The lowest BCUT2D eigenvalue weighted by Crippen LogP contribution is -2.47. The van der Waals surface area contributed by atoms with E-state index in [0.717, 1.165) is 19.2 Å². The second-order valence-electron chi connectivity index (χ2n) is 6.22. The molecule has 1 amide bonds. The lowest BCUT2D eigenvalue weighted by Gasteiger charge is -2.31. The van der Waals surface area contributed by atoms with Crippen molar-refractivity contribution < 1.29 is 18.0 Å². The van der Waals surface area contributed by atoms with E-state index in [2.05, 4.69) is 20.7 Å². The van der Waals surface area contributed by atoms with E-state index in [0.29, 0.717) is 24.0 Å². The van der Waals surface area contributed by atoms with Gasteiger partial charge in [0.1, 0.15) is 12.4 Å². The molecule has 3 rings (SSSR count). The summed E-state index contributed by atoms with van der Waals surface area (Å²) in [6.07, 6.45) is -2.99. The standard InChI is InChI=1S/C16H19F3N4O/c1-23-6-4-10(5-7-23)12-3-2-11(8-13(12)16(17,18)19)15-20-9-14(24)21-22-15/h2-3,8,10H,4-7,9H2,1H3,(H,20,22)(H,21,24). The highest BCUT2D eigenvalue weighted by molar-refractivity contribution is 6.02. The SMILES string of the molecule is CN1CCC(c2ccc(C3=NCC(=O)NN3)cc2C(F)(F)F)CC1. The van der Waals surface area contributed by atoms with Gasteiger partial charge >= 0.3 is 6.18 Å². The third kappa shape index (κ3) is 3.53. The molecule has 0 atom stereocenters. The molecule has 8 heteroatoms. The van der Waals surface area contributed by atoms with Crippen LogP contribution in [-0.4, -0.2) is 43.3 Å². The van der Waals surface area contributed by atoms with Crippen molar-refractivity contribution in [2.75, 3.05) is 26.7 Å². The fourth-order valence-corrected chi connectivity index (χ4v) is 3.15. The van der Waals surface area contributed by atoms with Crippen molar-refractivity contribution in [1.29, 1.82) is 0 Å². The third-order valence-electron chi connectivity index (χ3n) is 4.49. The van der Waals surface area contributed by atoms with Gasteiger partial charge in [-0.3, -0.25) is 20.6 Å². The van der Waals surface area contributed by atoms with Crippen LogP contribution in [0.1, 0.15) is 35.4 Å². The molecule has 24 heavy (non-hydrogen) atoms. The Morgan fingerprint density at radius 1 is 1.21 bits per heavy atom. The molecule has 0 radical (unpaired) electrons. The Kier molecular flexibility index (Phi) is 4.49. The summed E-state index contributed by atoms with van der Waals surface area (Å²) < 4.78 is 40.6. The lowest BCUT2D eigenvalue weighted by molar-refractivity contribution is -0.138. The van der Waals surface area contributed by atoms with Crippen LogP contribution in [0.3, 0.4) is 0 Å². The van der Waals surface area contributed by atoms with Crippen molar-refractivity contribution in [2.45, 2.75) is 24.9 Å². The van der Waals surface area contributed by atoms with E-state index in [1.165, 1.54) is 0 Å². The van der Waals surface area contributed by atoms with Crippen LogP contribution in [0.15, 0.2) is 23.2 Å². The number of hydrazine groups is 1. The quantitative estimate of drug-likeness (QED) is 0.865. The fraction of sp³-hybridized carbons (Fsp3) is 0.500. The first-order valence-electron chi connectivity index (χ1n) is 7.84. The van der Waals surface area contributed by atoms with Crippen molar-refractivity contribution in [1.82, 2.24) is 15.8 Å². The molecule has 0 saturated carbocycles. The van der Waals surface area contributed by atoms with Crippen molar-refractivity contribution in [3.05, 3.63) is 34.9 Å². The van der Waals surface area contributed by atoms with Crippen LogP contribution in [0.5, 0.6) is 0 Å². The summed E-state index contributed by atoms with van der Waals surface area (Å²) in [7, 11) is 1.98. The highest BCUT2D eigenvalue weighted by Crippen LogP contribution is 2.39. The number of piperidine rings is 1. The van der Waals surface area contributed by atoms with Gasteiger partial charge in [0.25, 0.3) is 5.91 Å². The van der Waals surface area contributed by atoms with Crippen LogP contribution in [0.4, 0.5) is 13.2 Å². The van der Waals surface area contributed by atoms with Gasteiger partial charge < -0.3 is 4.90 Å². The number of alkyl halides is 3. The topological polar surface area (TPSA) is 56.7 Å². The molecule has 0 unspecified atom stereocenters. The van der Waals surface area contributed by atoms with Crippen molar-refractivity contribution in [3.8, 4) is 0 Å². The number of benzene rings is 1. The summed E-state index contributed by atoms with van der Waals surface area (Å²) in [5.41, 5.74) is 4.96. The number of likely N-dealkylation sites (tertiary alicyclic amines) is 1. The van der Waals surface area contributed by atoms with Crippen LogP contribution in [-0.2, 0) is 11.0 Å². The maximum absolute atomic E-state index is 13.5. The largest absolute Gasteiger partial charge is 0.416 e. The summed E-state index contributed by atoms with van der Waals surface area (Å²) in [6, 6.07) is 4.30. The highest BCUT2D eigenvalue weighted by Gasteiger charge is 2.36. The summed E-state index contributed by atoms with van der Waals surface area (Å²) in [5.74, 6) is -0.166. The molecule has 0 bridgehead atoms. The zero-order valence-corrected chi connectivity index (χ0v) is 13.3. The Bertz CT molecular complexity index is 664. The molecule has 5 nitrogen and oxygen atoms in total. The van der Waals surface area contributed by atoms with Gasteiger partial charge in [-0.05, 0) is 50.5 Å². The second kappa shape index (κ2) is 6.43. The van der Waals surface area contributed by atoms with E-state index in [9.17, 15) is 18.0 Å². The maximum Gasteiger partial charge on any atom is 0.416 e. The predicted octanol–water partition coefficient (Wildman–Crippen LogP) is 1.90. The monoisotopic (exact) mass is 340 g/mol. The molecule has 130 valence electrons. The van der Waals surface area contributed by atoms with Gasteiger partial charge in [-0.15, -0.1) is 0 Å². The predicted molar refractivity (Wildman–Crippen MR) is 83.6 cm³/mol. The molecule has 1 fully saturated rings.